The first-order valence-corrected chi connectivity index (χ1v) is 8.01. The van der Waals surface area contributed by atoms with Crippen molar-refractivity contribution < 1.29 is 19.0 Å². The topological polar surface area (TPSA) is 56.8 Å². The van der Waals surface area contributed by atoms with E-state index in [2.05, 4.69) is 11.9 Å². The molecule has 0 aliphatic heterocycles. The standard InChI is InChI=1S/C20H23NO4/c1-4-13-25-18-10-9-16(14-19(18)24-3)20(22)21-12-11-15-7-5-6-8-17(15)23-2/h4-10,14H,1,11-13H2,2-3H3,(H,21,22). The van der Waals surface area contributed by atoms with E-state index in [0.29, 0.717) is 36.6 Å². The van der Waals surface area contributed by atoms with Crippen molar-refractivity contribution in [2.75, 3.05) is 27.4 Å². The summed E-state index contributed by atoms with van der Waals surface area (Å²) >= 11 is 0. The zero-order chi connectivity index (χ0) is 18.1. The number of ether oxygens (including phenoxy) is 3. The highest BCUT2D eigenvalue weighted by molar-refractivity contribution is 5.94. The lowest BCUT2D eigenvalue weighted by molar-refractivity contribution is 0.0953. The van der Waals surface area contributed by atoms with Crippen LogP contribution in [-0.2, 0) is 6.42 Å². The summed E-state index contributed by atoms with van der Waals surface area (Å²) in [6.07, 6.45) is 2.34. The average Bonchev–Trinajstić information content (AvgIpc) is 2.66. The van der Waals surface area contributed by atoms with E-state index in [0.717, 1.165) is 11.3 Å². The van der Waals surface area contributed by atoms with Crippen LogP contribution in [0.1, 0.15) is 15.9 Å². The molecule has 0 aliphatic carbocycles. The van der Waals surface area contributed by atoms with Gasteiger partial charge in [0.15, 0.2) is 11.5 Å². The van der Waals surface area contributed by atoms with Crippen LogP contribution >= 0.6 is 0 Å². The Balaban J connectivity index is 1.97. The summed E-state index contributed by atoms with van der Waals surface area (Å²) in [7, 11) is 3.18. The SMILES string of the molecule is C=CCOc1ccc(C(=O)NCCc2ccccc2OC)cc1OC. The fourth-order valence-corrected chi connectivity index (χ4v) is 2.40. The maximum absolute atomic E-state index is 12.3. The Morgan fingerprint density at radius 3 is 2.56 bits per heavy atom. The number of carbonyl (C=O) groups is 1. The van der Waals surface area contributed by atoms with Gasteiger partial charge in [-0.15, -0.1) is 0 Å². The highest BCUT2D eigenvalue weighted by Gasteiger charge is 2.11. The molecule has 0 heterocycles. The van der Waals surface area contributed by atoms with Crippen molar-refractivity contribution in [3.63, 3.8) is 0 Å². The van der Waals surface area contributed by atoms with Gasteiger partial charge in [0.2, 0.25) is 0 Å². The van der Waals surface area contributed by atoms with Gasteiger partial charge >= 0.3 is 0 Å². The van der Waals surface area contributed by atoms with Crippen LogP contribution in [-0.4, -0.2) is 33.3 Å². The summed E-state index contributed by atoms with van der Waals surface area (Å²) < 4.78 is 16.1. The van der Waals surface area contributed by atoms with Gasteiger partial charge in [0.25, 0.3) is 5.91 Å². The summed E-state index contributed by atoms with van der Waals surface area (Å²) in [4.78, 5) is 12.3. The normalized spacial score (nSPS) is 10.0. The minimum Gasteiger partial charge on any atom is -0.496 e. The summed E-state index contributed by atoms with van der Waals surface area (Å²) in [6, 6.07) is 12.9. The van der Waals surface area contributed by atoms with Crippen molar-refractivity contribution in [3.05, 3.63) is 66.2 Å². The summed E-state index contributed by atoms with van der Waals surface area (Å²) in [6.45, 7) is 4.50. The minimum atomic E-state index is -0.163. The van der Waals surface area contributed by atoms with Crippen molar-refractivity contribution in [2.24, 2.45) is 0 Å². The fourth-order valence-electron chi connectivity index (χ4n) is 2.40. The number of amides is 1. The molecule has 5 heteroatoms. The molecule has 5 nitrogen and oxygen atoms in total. The Bertz CT molecular complexity index is 727. The van der Waals surface area contributed by atoms with Gasteiger partial charge < -0.3 is 19.5 Å². The van der Waals surface area contributed by atoms with Crippen LogP contribution in [0.4, 0.5) is 0 Å². The van der Waals surface area contributed by atoms with Crippen molar-refractivity contribution in [2.45, 2.75) is 6.42 Å². The molecule has 0 fully saturated rings. The third kappa shape index (κ3) is 5.01. The summed E-state index contributed by atoms with van der Waals surface area (Å²) in [5.74, 6) is 1.75. The quantitative estimate of drug-likeness (QED) is 0.712. The zero-order valence-corrected chi connectivity index (χ0v) is 14.6. The van der Waals surface area contributed by atoms with E-state index in [9.17, 15) is 4.79 Å². The van der Waals surface area contributed by atoms with Crippen LogP contribution in [0.3, 0.4) is 0 Å². The van der Waals surface area contributed by atoms with Crippen molar-refractivity contribution in [1.82, 2.24) is 5.32 Å². The molecule has 1 amide bonds. The Morgan fingerprint density at radius 1 is 1.08 bits per heavy atom. The van der Waals surface area contributed by atoms with Gasteiger partial charge in [-0.2, -0.15) is 0 Å². The summed E-state index contributed by atoms with van der Waals surface area (Å²) in [5.41, 5.74) is 1.57. The minimum absolute atomic E-state index is 0.163. The Morgan fingerprint density at radius 2 is 1.84 bits per heavy atom. The van der Waals surface area contributed by atoms with E-state index in [1.165, 1.54) is 0 Å². The first-order chi connectivity index (χ1) is 12.2. The lowest BCUT2D eigenvalue weighted by Gasteiger charge is -2.12. The third-order valence-corrected chi connectivity index (χ3v) is 3.65. The predicted octanol–water partition coefficient (Wildman–Crippen LogP) is 3.24. The molecule has 2 aromatic carbocycles. The number of para-hydroxylation sites is 1. The van der Waals surface area contributed by atoms with E-state index in [1.807, 2.05) is 24.3 Å². The van der Waals surface area contributed by atoms with E-state index >= 15 is 0 Å². The number of nitrogens with one attached hydrogen (secondary N) is 1. The second kappa shape index (κ2) is 9.37. The van der Waals surface area contributed by atoms with Crippen LogP contribution in [0.15, 0.2) is 55.1 Å². The van der Waals surface area contributed by atoms with E-state index < -0.39 is 0 Å². The van der Waals surface area contributed by atoms with Crippen LogP contribution in [0.2, 0.25) is 0 Å². The maximum atomic E-state index is 12.3. The Hall–Kier alpha value is -2.95. The van der Waals surface area contributed by atoms with Gasteiger partial charge in [-0.1, -0.05) is 30.9 Å². The lowest BCUT2D eigenvalue weighted by Crippen LogP contribution is -2.25. The van der Waals surface area contributed by atoms with Crippen LogP contribution in [0.5, 0.6) is 17.2 Å². The first-order valence-electron chi connectivity index (χ1n) is 8.01. The molecule has 25 heavy (non-hydrogen) atoms. The largest absolute Gasteiger partial charge is 0.496 e. The molecule has 1 N–H and O–H groups in total. The molecule has 0 saturated carbocycles. The van der Waals surface area contributed by atoms with Crippen LogP contribution in [0.25, 0.3) is 0 Å². The van der Waals surface area contributed by atoms with Crippen LogP contribution in [0, 0.1) is 0 Å². The van der Waals surface area contributed by atoms with E-state index in [1.54, 1.807) is 38.5 Å². The molecule has 0 atom stereocenters. The molecule has 0 radical (unpaired) electrons. The second-order valence-electron chi connectivity index (χ2n) is 5.28. The van der Waals surface area contributed by atoms with Crippen LogP contribution < -0.4 is 19.5 Å². The molecule has 0 aromatic heterocycles. The first kappa shape index (κ1) is 18.4. The molecule has 0 bridgehead atoms. The molecular formula is C20H23NO4. The monoisotopic (exact) mass is 341 g/mol. The van der Waals surface area contributed by atoms with Gasteiger partial charge in [0.1, 0.15) is 12.4 Å². The fraction of sp³-hybridized carbons (Fsp3) is 0.250. The molecule has 132 valence electrons. The summed E-state index contributed by atoms with van der Waals surface area (Å²) in [5, 5.41) is 2.91. The zero-order valence-electron chi connectivity index (χ0n) is 14.6. The van der Waals surface area contributed by atoms with E-state index in [4.69, 9.17) is 14.2 Å². The number of benzene rings is 2. The molecule has 0 spiro atoms. The average molecular weight is 341 g/mol. The molecular weight excluding hydrogens is 318 g/mol. The van der Waals surface area contributed by atoms with Gasteiger partial charge in [-0.3, -0.25) is 4.79 Å². The smallest absolute Gasteiger partial charge is 0.251 e. The number of hydrogen-bond acceptors (Lipinski definition) is 4. The Kier molecular flexibility index (Phi) is 6.89. The highest BCUT2D eigenvalue weighted by atomic mass is 16.5. The number of hydrogen-bond donors (Lipinski definition) is 1. The highest BCUT2D eigenvalue weighted by Crippen LogP contribution is 2.28. The van der Waals surface area contributed by atoms with Gasteiger partial charge in [-0.25, -0.2) is 0 Å². The number of rotatable bonds is 9. The molecule has 0 saturated heterocycles. The van der Waals surface area contributed by atoms with Gasteiger partial charge in [0, 0.05) is 12.1 Å². The number of carbonyl (C=O) groups excluding carboxylic acids is 1. The van der Waals surface area contributed by atoms with Crippen molar-refractivity contribution >= 4 is 5.91 Å². The van der Waals surface area contributed by atoms with Crippen molar-refractivity contribution in [3.8, 4) is 17.2 Å². The lowest BCUT2D eigenvalue weighted by atomic mass is 10.1. The maximum Gasteiger partial charge on any atom is 0.251 e. The second-order valence-corrected chi connectivity index (χ2v) is 5.28. The van der Waals surface area contributed by atoms with Gasteiger partial charge in [-0.05, 0) is 36.2 Å². The predicted molar refractivity (Wildman–Crippen MR) is 97.7 cm³/mol. The Labute approximate surface area is 148 Å². The van der Waals surface area contributed by atoms with Gasteiger partial charge in [0.05, 0.1) is 14.2 Å². The third-order valence-electron chi connectivity index (χ3n) is 3.65. The molecule has 0 unspecified atom stereocenters. The molecule has 0 aliphatic rings. The van der Waals surface area contributed by atoms with Crippen molar-refractivity contribution in [1.29, 1.82) is 0 Å². The van der Waals surface area contributed by atoms with E-state index in [-0.39, 0.29) is 5.91 Å². The molecule has 2 rings (SSSR count). The molecule has 2 aromatic rings. The number of methoxy groups -OCH3 is 2.